The first-order valence-corrected chi connectivity index (χ1v) is 2.64. The molecule has 0 aliphatic carbocycles. The van der Waals surface area contributed by atoms with Gasteiger partial charge in [-0.2, -0.15) is 0 Å². The van der Waals surface area contributed by atoms with Crippen LogP contribution in [0.25, 0.3) is 0 Å². The molecule has 0 saturated carbocycles. The lowest BCUT2D eigenvalue weighted by molar-refractivity contribution is 0.142. The van der Waals surface area contributed by atoms with Crippen LogP contribution in [0.2, 0.25) is 0 Å². The maximum Gasteiger partial charge on any atom is 0.0804 e. The van der Waals surface area contributed by atoms with E-state index in [0.29, 0.717) is 6.54 Å². The Bertz CT molecular complexity index is 56.4. The smallest absolute Gasteiger partial charge is 0.0804 e. The van der Waals surface area contributed by atoms with E-state index in [1.165, 1.54) is 0 Å². The number of aliphatic hydroxyl groups excluding tert-OH is 1. The van der Waals surface area contributed by atoms with Crippen LogP contribution >= 0.6 is 0 Å². The molecule has 3 nitrogen and oxygen atoms in total. The summed E-state index contributed by atoms with van der Waals surface area (Å²) in [5.41, 5.74) is 6.73. The van der Waals surface area contributed by atoms with Gasteiger partial charge in [-0.05, 0) is 14.1 Å². The van der Waals surface area contributed by atoms with Crippen LogP contribution in [0.15, 0.2) is 0 Å². The predicted molar refractivity (Wildman–Crippen MR) is 32.5 cm³/mol. The van der Waals surface area contributed by atoms with Gasteiger partial charge in [0.1, 0.15) is 0 Å². The molecular formula is C5H13N2O. The summed E-state index contributed by atoms with van der Waals surface area (Å²) >= 11 is 0. The zero-order valence-electron chi connectivity index (χ0n) is 5.39. The number of likely N-dealkylation sites (N-methyl/N-ethyl adjacent to an activating group) is 1. The van der Waals surface area contributed by atoms with Crippen LogP contribution in [-0.2, 0) is 0 Å². The van der Waals surface area contributed by atoms with Crippen LogP contribution in [0.5, 0.6) is 0 Å². The monoisotopic (exact) mass is 117 g/mol. The van der Waals surface area contributed by atoms with Gasteiger partial charge in [-0.3, -0.25) is 5.73 Å². The average Bonchev–Trinajstić information content (AvgIpc) is 1.65. The third-order valence-corrected chi connectivity index (χ3v) is 0.812. The number of hydrogen-bond donors (Lipinski definition) is 1. The molecule has 1 unspecified atom stereocenters. The SMILES string of the molecule is CN(C)CC(O)C[NH]. The van der Waals surface area contributed by atoms with Crippen molar-refractivity contribution in [1.82, 2.24) is 10.6 Å². The Morgan fingerprint density at radius 2 is 2.12 bits per heavy atom. The topological polar surface area (TPSA) is 47.3 Å². The summed E-state index contributed by atoms with van der Waals surface area (Å²) in [7, 11) is 3.75. The molecule has 0 aliphatic rings. The first kappa shape index (κ1) is 7.88. The molecule has 8 heavy (non-hydrogen) atoms. The number of nitrogens with one attached hydrogen (secondary N) is 1. The highest BCUT2D eigenvalue weighted by Gasteiger charge is 2.00. The lowest BCUT2D eigenvalue weighted by Crippen LogP contribution is -2.28. The van der Waals surface area contributed by atoms with Crippen LogP contribution in [0.4, 0.5) is 0 Å². The van der Waals surface area contributed by atoms with Gasteiger partial charge in [-0.1, -0.05) is 0 Å². The van der Waals surface area contributed by atoms with Crippen LogP contribution in [0, 0.1) is 0 Å². The van der Waals surface area contributed by atoms with E-state index in [0.717, 1.165) is 0 Å². The second-order valence-electron chi connectivity index (χ2n) is 2.12. The molecular weight excluding hydrogens is 104 g/mol. The highest BCUT2D eigenvalue weighted by Crippen LogP contribution is 1.81. The van der Waals surface area contributed by atoms with Gasteiger partial charge in [0, 0.05) is 13.1 Å². The summed E-state index contributed by atoms with van der Waals surface area (Å²) in [4.78, 5) is 1.86. The molecule has 2 N–H and O–H groups in total. The van der Waals surface area contributed by atoms with Crippen molar-refractivity contribution in [3.63, 3.8) is 0 Å². The van der Waals surface area contributed by atoms with Gasteiger partial charge in [0.2, 0.25) is 0 Å². The van der Waals surface area contributed by atoms with Gasteiger partial charge in [0.15, 0.2) is 0 Å². The van der Waals surface area contributed by atoms with Crippen molar-refractivity contribution in [3.8, 4) is 0 Å². The fraction of sp³-hybridized carbons (Fsp3) is 1.00. The molecule has 3 heteroatoms. The first-order chi connectivity index (χ1) is 3.66. The summed E-state index contributed by atoms with van der Waals surface area (Å²) in [5, 5.41) is 8.80. The predicted octanol–water partition coefficient (Wildman–Crippen LogP) is -0.808. The third-order valence-electron chi connectivity index (χ3n) is 0.812. The minimum atomic E-state index is -0.481. The van der Waals surface area contributed by atoms with Gasteiger partial charge in [-0.15, -0.1) is 0 Å². The maximum atomic E-state index is 8.80. The van der Waals surface area contributed by atoms with Gasteiger partial charge < -0.3 is 10.0 Å². The van der Waals surface area contributed by atoms with E-state index in [2.05, 4.69) is 0 Å². The number of aliphatic hydroxyl groups is 1. The lowest BCUT2D eigenvalue weighted by atomic mass is 10.3. The van der Waals surface area contributed by atoms with Crippen molar-refractivity contribution in [2.24, 2.45) is 0 Å². The van der Waals surface area contributed by atoms with Crippen molar-refractivity contribution in [3.05, 3.63) is 0 Å². The minimum absolute atomic E-state index is 0.0954. The van der Waals surface area contributed by atoms with E-state index in [1.54, 1.807) is 0 Å². The molecule has 0 aromatic rings. The fourth-order valence-electron chi connectivity index (χ4n) is 0.486. The van der Waals surface area contributed by atoms with Crippen LogP contribution in [0.3, 0.4) is 0 Å². The number of rotatable bonds is 3. The van der Waals surface area contributed by atoms with Crippen molar-refractivity contribution < 1.29 is 5.11 Å². The Kier molecular flexibility index (Phi) is 3.77. The Morgan fingerprint density at radius 1 is 1.62 bits per heavy atom. The highest BCUT2D eigenvalue weighted by molar-refractivity contribution is 4.56. The summed E-state index contributed by atoms with van der Waals surface area (Å²) < 4.78 is 0. The Morgan fingerprint density at radius 3 is 2.25 bits per heavy atom. The zero-order chi connectivity index (χ0) is 6.57. The molecule has 0 heterocycles. The second kappa shape index (κ2) is 3.83. The normalized spacial score (nSPS) is 14.6. The van der Waals surface area contributed by atoms with Gasteiger partial charge in [0.05, 0.1) is 6.10 Å². The van der Waals surface area contributed by atoms with E-state index in [4.69, 9.17) is 10.8 Å². The van der Waals surface area contributed by atoms with Gasteiger partial charge in [-0.25, -0.2) is 0 Å². The summed E-state index contributed by atoms with van der Waals surface area (Å²) in [6.07, 6.45) is -0.481. The number of hydrogen-bond acceptors (Lipinski definition) is 2. The van der Waals surface area contributed by atoms with Crippen LogP contribution in [-0.4, -0.2) is 43.3 Å². The second-order valence-corrected chi connectivity index (χ2v) is 2.12. The van der Waals surface area contributed by atoms with E-state index >= 15 is 0 Å². The molecule has 0 aromatic heterocycles. The number of nitrogens with zero attached hydrogens (tertiary/aromatic N) is 1. The van der Waals surface area contributed by atoms with Crippen molar-refractivity contribution in [2.75, 3.05) is 27.2 Å². The molecule has 0 fully saturated rings. The van der Waals surface area contributed by atoms with Crippen molar-refractivity contribution >= 4 is 0 Å². The first-order valence-electron chi connectivity index (χ1n) is 2.64. The van der Waals surface area contributed by atoms with Gasteiger partial charge >= 0.3 is 0 Å². The van der Waals surface area contributed by atoms with Crippen LogP contribution in [0.1, 0.15) is 0 Å². The van der Waals surface area contributed by atoms with Crippen molar-refractivity contribution in [2.45, 2.75) is 6.10 Å². The summed E-state index contributed by atoms with van der Waals surface area (Å²) in [5.74, 6) is 0. The quantitative estimate of drug-likeness (QED) is 0.525. The Balaban J connectivity index is 3.10. The molecule has 0 saturated heterocycles. The lowest BCUT2D eigenvalue weighted by Gasteiger charge is -2.12. The Labute approximate surface area is 50.1 Å². The molecule has 0 rings (SSSR count). The van der Waals surface area contributed by atoms with Crippen LogP contribution < -0.4 is 5.73 Å². The molecule has 0 aromatic carbocycles. The van der Waals surface area contributed by atoms with Gasteiger partial charge in [0.25, 0.3) is 0 Å². The molecule has 49 valence electrons. The molecule has 0 bridgehead atoms. The minimum Gasteiger partial charge on any atom is -0.390 e. The van der Waals surface area contributed by atoms with E-state index in [1.807, 2.05) is 19.0 Å². The summed E-state index contributed by atoms with van der Waals surface area (Å²) in [6, 6.07) is 0. The third kappa shape index (κ3) is 4.05. The van der Waals surface area contributed by atoms with E-state index < -0.39 is 6.10 Å². The zero-order valence-corrected chi connectivity index (χ0v) is 5.39. The van der Waals surface area contributed by atoms with E-state index in [9.17, 15) is 0 Å². The summed E-state index contributed by atoms with van der Waals surface area (Å²) in [6.45, 7) is 0.682. The maximum absolute atomic E-state index is 8.80. The van der Waals surface area contributed by atoms with E-state index in [-0.39, 0.29) is 6.54 Å². The molecule has 0 amide bonds. The Hall–Kier alpha value is -0.120. The molecule has 1 radical (unpaired) electrons. The molecule has 0 spiro atoms. The highest BCUT2D eigenvalue weighted by atomic mass is 16.3. The molecule has 0 aliphatic heterocycles. The fourth-order valence-corrected chi connectivity index (χ4v) is 0.486. The standard InChI is InChI=1S/C5H13N2O/c1-7(2)4-5(8)3-6/h5-6,8H,3-4H2,1-2H3. The molecule has 1 atom stereocenters. The van der Waals surface area contributed by atoms with Crippen molar-refractivity contribution in [1.29, 1.82) is 0 Å². The average molecular weight is 117 g/mol. The largest absolute Gasteiger partial charge is 0.390 e.